The molecule has 5 heteroatoms. The average Bonchev–Trinajstić information content (AvgIpc) is 3.12. The fourth-order valence-corrected chi connectivity index (χ4v) is 3.95. The summed E-state index contributed by atoms with van der Waals surface area (Å²) >= 11 is 0. The van der Waals surface area contributed by atoms with Crippen LogP contribution in [0, 0.1) is 0 Å². The normalized spacial score (nSPS) is 11.3. The van der Waals surface area contributed by atoms with Crippen LogP contribution in [-0.4, -0.2) is 17.8 Å². The van der Waals surface area contributed by atoms with Gasteiger partial charge in [-0.25, -0.2) is 9.13 Å². The Hall–Kier alpha value is -2.79. The summed E-state index contributed by atoms with van der Waals surface area (Å²) in [6, 6.07) is 25.4. The second-order valence-electron chi connectivity index (χ2n) is 9.10. The summed E-state index contributed by atoms with van der Waals surface area (Å²) in [7, 11) is 0. The Kier molecular flexibility index (Phi) is 8.20. The molecular weight excluding hydrogens is 476 g/mol. The van der Waals surface area contributed by atoms with Gasteiger partial charge in [0.25, 0.3) is 0 Å². The van der Waals surface area contributed by atoms with Crippen LogP contribution in [0.25, 0.3) is 11.0 Å². The van der Waals surface area contributed by atoms with Crippen LogP contribution in [-0.2, 0) is 18.5 Å². The molecule has 0 unspecified atom stereocenters. The summed E-state index contributed by atoms with van der Waals surface area (Å²) in [5, 5.41) is 0. The van der Waals surface area contributed by atoms with Gasteiger partial charge in [-0.2, -0.15) is 0 Å². The number of rotatable bonds is 8. The smallest absolute Gasteiger partial charge is 0.245 e. The lowest BCUT2D eigenvalue weighted by molar-refractivity contribution is -0.663. The molecule has 0 aliphatic carbocycles. The summed E-state index contributed by atoms with van der Waals surface area (Å²) in [6.45, 7) is 11.5. The first kappa shape index (κ1) is 24.8. The predicted molar refractivity (Wildman–Crippen MR) is 129 cm³/mol. The van der Waals surface area contributed by atoms with E-state index in [0.717, 1.165) is 24.6 Å². The van der Waals surface area contributed by atoms with Crippen LogP contribution in [0.2, 0.25) is 0 Å². The molecule has 4 nitrogen and oxygen atoms in total. The zero-order chi connectivity index (χ0) is 22.6. The number of halogens is 1. The molecule has 0 aliphatic rings. The number of imidazole rings is 1. The minimum Gasteiger partial charge on any atom is -1.00 e. The maximum Gasteiger partial charge on any atom is 0.245 e. The Labute approximate surface area is 207 Å². The molecule has 0 bridgehead atoms. The van der Waals surface area contributed by atoms with Crippen molar-refractivity contribution in [1.82, 2.24) is 4.57 Å². The van der Waals surface area contributed by atoms with E-state index in [1.54, 1.807) is 0 Å². The summed E-state index contributed by atoms with van der Waals surface area (Å²) in [5.41, 5.74) is 5.26. The lowest BCUT2D eigenvalue weighted by Gasteiger charge is -2.18. The third-order valence-electron chi connectivity index (χ3n) is 5.69. The van der Waals surface area contributed by atoms with Gasteiger partial charge in [0.2, 0.25) is 6.33 Å². The highest BCUT2D eigenvalue weighted by molar-refractivity contribution is 5.71. The Morgan fingerprint density at radius 3 is 2.12 bits per heavy atom. The van der Waals surface area contributed by atoms with E-state index in [1.807, 2.05) is 31.2 Å². The van der Waals surface area contributed by atoms with Crippen molar-refractivity contribution < 1.29 is 31.0 Å². The van der Waals surface area contributed by atoms with Crippen LogP contribution in [0.15, 0.2) is 79.1 Å². The van der Waals surface area contributed by atoms with E-state index in [1.165, 1.54) is 22.2 Å². The fraction of sp³-hybridized carbons (Fsp3) is 0.321. The molecule has 174 valence electrons. The molecule has 0 spiro atoms. The Morgan fingerprint density at radius 1 is 0.818 bits per heavy atom. The summed E-state index contributed by atoms with van der Waals surface area (Å²) in [4.78, 5) is 0. The van der Waals surface area contributed by atoms with Gasteiger partial charge < -0.3 is 26.5 Å². The molecule has 0 atom stereocenters. The largest absolute Gasteiger partial charge is 1.00 e. The summed E-state index contributed by atoms with van der Waals surface area (Å²) in [6.07, 6.45) is 2.19. The number of fused-ring (bicyclic) bond motifs is 1. The minimum atomic E-state index is 0. The number of ether oxygens (including phenoxy) is 2. The first-order chi connectivity index (χ1) is 15.5. The van der Waals surface area contributed by atoms with Gasteiger partial charge in [-0.1, -0.05) is 69.3 Å². The lowest BCUT2D eigenvalue weighted by atomic mass is 9.87. The van der Waals surface area contributed by atoms with Gasteiger partial charge in [0.1, 0.15) is 19.7 Å². The molecule has 1 aromatic heterocycles. The number of benzene rings is 3. The van der Waals surface area contributed by atoms with Gasteiger partial charge in [0.05, 0.1) is 6.61 Å². The number of nitrogens with zero attached hydrogens (tertiary/aromatic N) is 2. The highest BCUT2D eigenvalue weighted by atomic mass is 79.9. The first-order valence-corrected chi connectivity index (χ1v) is 11.4. The quantitative estimate of drug-likeness (QED) is 0.342. The molecule has 0 aliphatic heterocycles. The van der Waals surface area contributed by atoms with Crippen molar-refractivity contribution in [3.05, 3.63) is 90.3 Å². The third kappa shape index (κ3) is 5.97. The van der Waals surface area contributed by atoms with Gasteiger partial charge in [0, 0.05) is 0 Å². The van der Waals surface area contributed by atoms with E-state index in [2.05, 4.69) is 84.8 Å². The molecule has 0 amide bonds. The number of aromatic nitrogens is 2. The molecule has 0 saturated carbocycles. The molecule has 0 radical (unpaired) electrons. The molecule has 4 rings (SSSR count). The standard InChI is InChI=1S/C28H33N2O2.BrH/c1-5-31-26-12-8-9-13-27(26)32-19-18-29-21-30(25-11-7-6-10-24(25)29)20-22-14-16-23(17-15-22)28(2,3)4;/h6-17,21H,5,18-20H2,1-4H3;1H/q+1;/p-1. The number of para-hydroxylation sites is 4. The minimum absolute atomic E-state index is 0. The maximum atomic E-state index is 6.06. The fourth-order valence-electron chi connectivity index (χ4n) is 3.95. The Bertz CT molecular complexity index is 1180. The zero-order valence-electron chi connectivity index (χ0n) is 19.9. The van der Waals surface area contributed by atoms with E-state index in [0.29, 0.717) is 13.2 Å². The maximum absolute atomic E-state index is 6.06. The average molecular weight is 509 g/mol. The van der Waals surface area contributed by atoms with E-state index >= 15 is 0 Å². The van der Waals surface area contributed by atoms with Gasteiger partial charge in [-0.15, -0.1) is 0 Å². The van der Waals surface area contributed by atoms with Crippen molar-refractivity contribution in [2.45, 2.75) is 46.2 Å². The van der Waals surface area contributed by atoms with Gasteiger partial charge >= 0.3 is 0 Å². The SMILES string of the molecule is CCOc1ccccc1OCCn1c[n+](Cc2ccc(C(C)(C)C)cc2)c2ccccc21.[Br-]. The molecule has 4 aromatic rings. The second-order valence-corrected chi connectivity index (χ2v) is 9.10. The van der Waals surface area contributed by atoms with Crippen molar-refractivity contribution in [2.75, 3.05) is 13.2 Å². The highest BCUT2D eigenvalue weighted by Gasteiger charge is 2.17. The molecule has 0 saturated heterocycles. The zero-order valence-corrected chi connectivity index (χ0v) is 21.5. The van der Waals surface area contributed by atoms with Crippen molar-refractivity contribution in [3.63, 3.8) is 0 Å². The topological polar surface area (TPSA) is 27.3 Å². The van der Waals surface area contributed by atoms with Crippen LogP contribution < -0.4 is 31.0 Å². The Balaban J connectivity index is 0.00000306. The van der Waals surface area contributed by atoms with E-state index in [-0.39, 0.29) is 22.4 Å². The van der Waals surface area contributed by atoms with Gasteiger partial charge in [0.15, 0.2) is 22.5 Å². The van der Waals surface area contributed by atoms with E-state index in [9.17, 15) is 0 Å². The van der Waals surface area contributed by atoms with Crippen LogP contribution in [0.1, 0.15) is 38.8 Å². The van der Waals surface area contributed by atoms with Crippen LogP contribution >= 0.6 is 0 Å². The monoisotopic (exact) mass is 508 g/mol. The van der Waals surface area contributed by atoms with Crippen molar-refractivity contribution in [1.29, 1.82) is 0 Å². The molecular formula is C28H33BrN2O2. The predicted octanol–water partition coefficient (Wildman–Crippen LogP) is 2.76. The van der Waals surface area contributed by atoms with Crippen LogP contribution in [0.4, 0.5) is 0 Å². The summed E-state index contributed by atoms with van der Waals surface area (Å²) in [5.74, 6) is 1.58. The van der Waals surface area contributed by atoms with Crippen LogP contribution in [0.5, 0.6) is 11.5 Å². The molecule has 0 fully saturated rings. The number of hydrogen-bond acceptors (Lipinski definition) is 2. The van der Waals surface area contributed by atoms with Crippen LogP contribution in [0.3, 0.4) is 0 Å². The molecule has 33 heavy (non-hydrogen) atoms. The highest BCUT2D eigenvalue weighted by Crippen LogP contribution is 2.26. The molecule has 0 N–H and O–H groups in total. The second kappa shape index (κ2) is 10.9. The van der Waals surface area contributed by atoms with Crippen molar-refractivity contribution in [3.8, 4) is 11.5 Å². The van der Waals surface area contributed by atoms with Crippen molar-refractivity contribution >= 4 is 11.0 Å². The summed E-state index contributed by atoms with van der Waals surface area (Å²) < 4.78 is 16.3. The third-order valence-corrected chi connectivity index (χ3v) is 5.69. The van der Waals surface area contributed by atoms with E-state index in [4.69, 9.17) is 9.47 Å². The molecule has 1 heterocycles. The van der Waals surface area contributed by atoms with Gasteiger partial charge in [-0.3, -0.25) is 0 Å². The number of hydrogen-bond donors (Lipinski definition) is 0. The first-order valence-electron chi connectivity index (χ1n) is 11.4. The lowest BCUT2D eigenvalue weighted by Crippen LogP contribution is -3.00. The Morgan fingerprint density at radius 2 is 1.45 bits per heavy atom. The van der Waals surface area contributed by atoms with Crippen molar-refractivity contribution in [2.24, 2.45) is 0 Å². The van der Waals surface area contributed by atoms with Gasteiger partial charge in [-0.05, 0) is 47.7 Å². The van der Waals surface area contributed by atoms with E-state index < -0.39 is 0 Å². The molecule has 3 aromatic carbocycles.